The zero-order valence-electron chi connectivity index (χ0n) is 10.3. The van der Waals surface area contributed by atoms with Crippen LogP contribution in [0.5, 0.6) is 0 Å². The molecule has 2 unspecified atom stereocenters. The van der Waals surface area contributed by atoms with Gasteiger partial charge in [0.1, 0.15) is 0 Å². The van der Waals surface area contributed by atoms with Crippen molar-refractivity contribution in [3.05, 3.63) is 0 Å². The summed E-state index contributed by atoms with van der Waals surface area (Å²) >= 11 is 0. The Morgan fingerprint density at radius 2 is 1.89 bits per heavy atom. The van der Waals surface area contributed by atoms with Crippen LogP contribution in [-0.2, 0) is 18.9 Å². The molecular formula is C10H18NO7P. The van der Waals surface area contributed by atoms with E-state index in [0.29, 0.717) is 13.0 Å². The standard InChI is InChI=1S/C10H18NO7P/c12-9(13)4-7(5-10(14)15)11-19(16,17)6-8-2-1-3-18-8/h7-8H,1-6H2,(H,12,13)(H,14,15)(H2,11,16,17). The summed E-state index contributed by atoms with van der Waals surface area (Å²) in [6, 6.07) is -1.08. The summed E-state index contributed by atoms with van der Waals surface area (Å²) in [7, 11) is -3.81. The fourth-order valence-electron chi connectivity index (χ4n) is 1.99. The zero-order valence-corrected chi connectivity index (χ0v) is 11.2. The molecule has 0 radical (unpaired) electrons. The van der Waals surface area contributed by atoms with Crippen LogP contribution in [0.3, 0.4) is 0 Å². The second-order valence-electron chi connectivity index (χ2n) is 4.54. The van der Waals surface area contributed by atoms with Crippen LogP contribution in [0.2, 0.25) is 0 Å². The summed E-state index contributed by atoms with van der Waals surface area (Å²) in [5.41, 5.74) is 0. The van der Waals surface area contributed by atoms with Crippen molar-refractivity contribution in [3.63, 3.8) is 0 Å². The van der Waals surface area contributed by atoms with E-state index in [4.69, 9.17) is 14.9 Å². The molecule has 0 aromatic carbocycles. The van der Waals surface area contributed by atoms with E-state index in [0.717, 1.165) is 6.42 Å². The normalized spacial score (nSPS) is 22.3. The smallest absolute Gasteiger partial charge is 0.304 e. The summed E-state index contributed by atoms with van der Waals surface area (Å²) < 4.78 is 17.1. The molecule has 2 atom stereocenters. The first-order valence-corrected chi connectivity index (χ1v) is 7.78. The molecule has 4 N–H and O–H groups in total. The third-order valence-electron chi connectivity index (χ3n) is 2.70. The molecule has 0 aliphatic carbocycles. The lowest BCUT2D eigenvalue weighted by Gasteiger charge is -2.21. The van der Waals surface area contributed by atoms with Gasteiger partial charge in [0.25, 0.3) is 7.52 Å². The third kappa shape index (κ3) is 6.68. The van der Waals surface area contributed by atoms with Gasteiger partial charge in [-0.3, -0.25) is 14.2 Å². The summed E-state index contributed by atoms with van der Waals surface area (Å²) in [5, 5.41) is 19.6. The van der Waals surface area contributed by atoms with Crippen molar-refractivity contribution in [2.24, 2.45) is 0 Å². The molecule has 1 saturated heterocycles. The predicted molar refractivity (Wildman–Crippen MR) is 65.1 cm³/mol. The minimum absolute atomic E-state index is 0.136. The molecule has 1 fully saturated rings. The molecular weight excluding hydrogens is 277 g/mol. The molecule has 0 bridgehead atoms. The Morgan fingerprint density at radius 1 is 1.32 bits per heavy atom. The van der Waals surface area contributed by atoms with Crippen molar-refractivity contribution in [2.45, 2.75) is 37.8 Å². The lowest BCUT2D eigenvalue weighted by molar-refractivity contribution is -0.139. The average Bonchev–Trinajstić information content (AvgIpc) is 2.65. The Balaban J connectivity index is 2.56. The van der Waals surface area contributed by atoms with Crippen molar-refractivity contribution in [1.82, 2.24) is 5.09 Å². The molecule has 1 heterocycles. The van der Waals surface area contributed by atoms with E-state index in [1.165, 1.54) is 0 Å². The highest BCUT2D eigenvalue weighted by Crippen LogP contribution is 2.39. The van der Waals surface area contributed by atoms with Gasteiger partial charge in [-0.05, 0) is 12.8 Å². The van der Waals surface area contributed by atoms with Gasteiger partial charge in [0.05, 0.1) is 25.1 Å². The summed E-state index contributed by atoms with van der Waals surface area (Å²) in [5.74, 6) is -2.45. The molecule has 0 spiro atoms. The Hall–Kier alpha value is -0.950. The molecule has 110 valence electrons. The van der Waals surface area contributed by atoms with Crippen LogP contribution in [-0.4, -0.2) is 52.0 Å². The maximum atomic E-state index is 11.9. The molecule has 1 rings (SSSR count). The van der Waals surface area contributed by atoms with Crippen LogP contribution in [0, 0.1) is 0 Å². The van der Waals surface area contributed by atoms with Crippen molar-refractivity contribution < 1.29 is 34.0 Å². The van der Waals surface area contributed by atoms with Crippen molar-refractivity contribution in [3.8, 4) is 0 Å². The third-order valence-corrected chi connectivity index (χ3v) is 4.37. The summed E-state index contributed by atoms with van der Waals surface area (Å²) in [6.45, 7) is 0.540. The van der Waals surface area contributed by atoms with E-state index in [-0.39, 0.29) is 12.3 Å². The van der Waals surface area contributed by atoms with Crippen LogP contribution in [0.25, 0.3) is 0 Å². The number of aliphatic carboxylic acids is 2. The van der Waals surface area contributed by atoms with Crippen molar-refractivity contribution in [2.75, 3.05) is 12.8 Å². The lowest BCUT2D eigenvalue weighted by Crippen LogP contribution is -2.33. The highest BCUT2D eigenvalue weighted by Gasteiger charge is 2.31. The van der Waals surface area contributed by atoms with Gasteiger partial charge in [0, 0.05) is 12.6 Å². The lowest BCUT2D eigenvalue weighted by atomic mass is 10.1. The monoisotopic (exact) mass is 295 g/mol. The fourth-order valence-corrected chi connectivity index (χ4v) is 3.69. The van der Waals surface area contributed by atoms with Gasteiger partial charge in [0.2, 0.25) is 0 Å². The van der Waals surface area contributed by atoms with Crippen LogP contribution < -0.4 is 5.09 Å². The van der Waals surface area contributed by atoms with Crippen molar-refractivity contribution >= 4 is 19.5 Å². The second kappa shape index (κ2) is 7.00. The molecule has 0 amide bonds. The second-order valence-corrected chi connectivity index (χ2v) is 6.57. The van der Waals surface area contributed by atoms with E-state index < -0.39 is 38.3 Å². The molecule has 19 heavy (non-hydrogen) atoms. The number of nitrogens with one attached hydrogen (secondary N) is 1. The number of ether oxygens (including phenoxy) is 1. The minimum Gasteiger partial charge on any atom is -0.481 e. The SMILES string of the molecule is O=C(O)CC(CC(=O)O)NP(=O)(O)CC1CCCO1. The van der Waals surface area contributed by atoms with E-state index in [2.05, 4.69) is 5.09 Å². The minimum atomic E-state index is -3.81. The van der Waals surface area contributed by atoms with E-state index >= 15 is 0 Å². The average molecular weight is 295 g/mol. The molecule has 1 aliphatic rings. The number of rotatable bonds is 8. The molecule has 0 aromatic heterocycles. The van der Waals surface area contributed by atoms with Crippen LogP contribution in [0.1, 0.15) is 25.7 Å². The maximum Gasteiger partial charge on any atom is 0.304 e. The fraction of sp³-hybridized carbons (Fsp3) is 0.800. The van der Waals surface area contributed by atoms with Gasteiger partial charge in [-0.15, -0.1) is 0 Å². The quantitative estimate of drug-likeness (QED) is 0.468. The maximum absolute atomic E-state index is 11.9. The Morgan fingerprint density at radius 3 is 2.32 bits per heavy atom. The molecule has 0 aromatic rings. The van der Waals surface area contributed by atoms with Crippen LogP contribution in [0.15, 0.2) is 0 Å². The molecule has 8 nitrogen and oxygen atoms in total. The van der Waals surface area contributed by atoms with E-state index in [1.807, 2.05) is 0 Å². The van der Waals surface area contributed by atoms with Crippen LogP contribution >= 0.6 is 7.52 Å². The Labute approximate surface area is 110 Å². The highest BCUT2D eigenvalue weighted by molar-refractivity contribution is 7.55. The number of carbonyl (C=O) groups is 2. The summed E-state index contributed by atoms with van der Waals surface area (Å²) in [6.07, 6.45) is -0.0285. The first-order valence-electron chi connectivity index (χ1n) is 5.93. The first kappa shape index (κ1) is 16.1. The van der Waals surface area contributed by atoms with Crippen LogP contribution in [0.4, 0.5) is 0 Å². The van der Waals surface area contributed by atoms with Gasteiger partial charge in [-0.1, -0.05) is 0 Å². The van der Waals surface area contributed by atoms with Gasteiger partial charge in [0.15, 0.2) is 0 Å². The zero-order chi connectivity index (χ0) is 14.5. The first-order chi connectivity index (χ1) is 8.78. The van der Waals surface area contributed by atoms with Gasteiger partial charge in [-0.25, -0.2) is 5.09 Å². The number of carboxylic acids is 2. The largest absolute Gasteiger partial charge is 0.481 e. The molecule has 1 aliphatic heterocycles. The van der Waals surface area contributed by atoms with Gasteiger partial charge >= 0.3 is 11.9 Å². The van der Waals surface area contributed by atoms with E-state index in [9.17, 15) is 19.0 Å². The highest BCUT2D eigenvalue weighted by atomic mass is 31.2. The predicted octanol–water partition coefficient (Wildman–Crippen LogP) is 0.258. The van der Waals surface area contributed by atoms with Gasteiger partial charge in [-0.2, -0.15) is 0 Å². The summed E-state index contributed by atoms with van der Waals surface area (Å²) in [4.78, 5) is 30.9. The van der Waals surface area contributed by atoms with E-state index in [1.54, 1.807) is 0 Å². The molecule has 9 heteroatoms. The topological polar surface area (TPSA) is 133 Å². The number of carboxylic acid groups (broad SMARTS) is 2. The Kier molecular flexibility index (Phi) is 5.93. The molecule has 0 saturated carbocycles. The number of hydrogen-bond acceptors (Lipinski definition) is 4. The van der Waals surface area contributed by atoms with Crippen molar-refractivity contribution in [1.29, 1.82) is 0 Å². The van der Waals surface area contributed by atoms with Gasteiger partial charge < -0.3 is 19.8 Å². The number of hydrogen-bond donors (Lipinski definition) is 4. The Bertz CT molecular complexity index is 364.